The maximum atomic E-state index is 5.54. The van der Waals surface area contributed by atoms with Gasteiger partial charge in [0, 0.05) is 0 Å². The Balaban J connectivity index is 2.95. The number of nitrogens with two attached hydrogens (primary N) is 1. The third-order valence-electron chi connectivity index (χ3n) is 2.89. The van der Waals surface area contributed by atoms with E-state index in [1.165, 1.54) is 22.3 Å². The highest BCUT2D eigenvalue weighted by Crippen LogP contribution is 2.18. The lowest BCUT2D eigenvalue weighted by Gasteiger charge is -2.11. The maximum absolute atomic E-state index is 5.54. The molecule has 78 valence electrons. The van der Waals surface area contributed by atoms with Crippen LogP contribution in [-0.2, 0) is 12.8 Å². The minimum atomic E-state index is 0.787. The second-order valence-corrected chi connectivity index (χ2v) is 3.94. The molecule has 1 rings (SSSR count). The van der Waals surface area contributed by atoms with Gasteiger partial charge in [0.15, 0.2) is 0 Å². The summed E-state index contributed by atoms with van der Waals surface area (Å²) >= 11 is 0. The SMILES string of the molecule is CCc1cc(C)c(C)c(CCCN)c1. The summed E-state index contributed by atoms with van der Waals surface area (Å²) in [5.74, 6) is 0. The Labute approximate surface area is 87.3 Å². The van der Waals surface area contributed by atoms with Gasteiger partial charge in [-0.3, -0.25) is 0 Å². The van der Waals surface area contributed by atoms with E-state index in [2.05, 4.69) is 32.9 Å². The molecular weight excluding hydrogens is 170 g/mol. The Morgan fingerprint density at radius 1 is 1.21 bits per heavy atom. The second-order valence-electron chi connectivity index (χ2n) is 3.94. The van der Waals surface area contributed by atoms with E-state index in [9.17, 15) is 0 Å². The van der Waals surface area contributed by atoms with Crippen molar-refractivity contribution in [2.75, 3.05) is 6.54 Å². The average Bonchev–Trinajstić information content (AvgIpc) is 2.20. The number of aryl methyl sites for hydroxylation is 3. The lowest BCUT2D eigenvalue weighted by molar-refractivity contribution is 0.824. The first-order valence-corrected chi connectivity index (χ1v) is 5.48. The van der Waals surface area contributed by atoms with Crippen molar-refractivity contribution < 1.29 is 0 Å². The van der Waals surface area contributed by atoms with Gasteiger partial charge in [0.05, 0.1) is 0 Å². The zero-order chi connectivity index (χ0) is 10.6. The molecule has 0 aromatic heterocycles. The van der Waals surface area contributed by atoms with Gasteiger partial charge in [0.25, 0.3) is 0 Å². The van der Waals surface area contributed by atoms with Gasteiger partial charge < -0.3 is 5.73 Å². The van der Waals surface area contributed by atoms with Crippen molar-refractivity contribution in [3.8, 4) is 0 Å². The molecule has 0 saturated carbocycles. The number of hydrogen-bond donors (Lipinski definition) is 1. The standard InChI is InChI=1S/C13H21N/c1-4-12-8-10(2)11(3)13(9-12)6-5-7-14/h8-9H,4-7,14H2,1-3H3. The summed E-state index contributed by atoms with van der Waals surface area (Å²) in [6.07, 6.45) is 3.33. The Hall–Kier alpha value is -0.820. The molecule has 0 radical (unpaired) electrons. The van der Waals surface area contributed by atoms with Gasteiger partial charge >= 0.3 is 0 Å². The molecule has 1 aromatic rings. The minimum Gasteiger partial charge on any atom is -0.330 e. The van der Waals surface area contributed by atoms with E-state index in [0.717, 1.165) is 25.8 Å². The van der Waals surface area contributed by atoms with Crippen LogP contribution in [0.15, 0.2) is 12.1 Å². The molecule has 0 amide bonds. The van der Waals surface area contributed by atoms with Crippen LogP contribution in [0.25, 0.3) is 0 Å². The summed E-state index contributed by atoms with van der Waals surface area (Å²) in [6, 6.07) is 4.62. The summed E-state index contributed by atoms with van der Waals surface area (Å²) in [7, 11) is 0. The smallest absolute Gasteiger partial charge is 0.00741 e. The van der Waals surface area contributed by atoms with Crippen LogP contribution in [0.1, 0.15) is 35.6 Å². The predicted octanol–water partition coefficient (Wildman–Crippen LogP) is 2.76. The third kappa shape index (κ3) is 2.58. The fraction of sp³-hybridized carbons (Fsp3) is 0.538. The molecule has 0 aliphatic rings. The van der Waals surface area contributed by atoms with Gasteiger partial charge in [-0.05, 0) is 61.9 Å². The number of hydrogen-bond acceptors (Lipinski definition) is 1. The summed E-state index contributed by atoms with van der Waals surface area (Å²) in [4.78, 5) is 0. The van der Waals surface area contributed by atoms with E-state index in [1.807, 2.05) is 0 Å². The van der Waals surface area contributed by atoms with Crippen molar-refractivity contribution in [2.45, 2.75) is 40.0 Å². The molecule has 1 nitrogen and oxygen atoms in total. The molecule has 1 aromatic carbocycles. The molecule has 0 unspecified atom stereocenters. The number of rotatable bonds is 4. The van der Waals surface area contributed by atoms with E-state index in [4.69, 9.17) is 5.73 Å². The van der Waals surface area contributed by atoms with Crippen LogP contribution >= 0.6 is 0 Å². The topological polar surface area (TPSA) is 26.0 Å². The molecule has 14 heavy (non-hydrogen) atoms. The average molecular weight is 191 g/mol. The molecular formula is C13H21N. The van der Waals surface area contributed by atoms with E-state index in [1.54, 1.807) is 0 Å². The van der Waals surface area contributed by atoms with E-state index >= 15 is 0 Å². The van der Waals surface area contributed by atoms with Gasteiger partial charge in [0.2, 0.25) is 0 Å². The van der Waals surface area contributed by atoms with Crippen LogP contribution in [0.3, 0.4) is 0 Å². The van der Waals surface area contributed by atoms with Crippen molar-refractivity contribution in [3.63, 3.8) is 0 Å². The zero-order valence-electron chi connectivity index (χ0n) is 9.56. The van der Waals surface area contributed by atoms with Gasteiger partial charge in [-0.15, -0.1) is 0 Å². The fourth-order valence-corrected chi connectivity index (χ4v) is 1.77. The second kappa shape index (κ2) is 5.16. The van der Waals surface area contributed by atoms with Crippen LogP contribution in [0, 0.1) is 13.8 Å². The first kappa shape index (κ1) is 11.3. The van der Waals surface area contributed by atoms with Gasteiger partial charge in [0.1, 0.15) is 0 Å². The summed E-state index contributed by atoms with van der Waals surface area (Å²) in [6.45, 7) is 7.40. The van der Waals surface area contributed by atoms with Gasteiger partial charge in [-0.25, -0.2) is 0 Å². The Morgan fingerprint density at radius 3 is 2.50 bits per heavy atom. The largest absolute Gasteiger partial charge is 0.330 e. The Morgan fingerprint density at radius 2 is 1.93 bits per heavy atom. The van der Waals surface area contributed by atoms with Gasteiger partial charge in [-0.1, -0.05) is 19.1 Å². The fourth-order valence-electron chi connectivity index (χ4n) is 1.77. The first-order valence-electron chi connectivity index (χ1n) is 5.48. The molecule has 0 aliphatic heterocycles. The lowest BCUT2D eigenvalue weighted by atomic mass is 9.95. The molecule has 0 atom stereocenters. The molecule has 0 heterocycles. The highest BCUT2D eigenvalue weighted by atomic mass is 14.5. The normalized spacial score (nSPS) is 10.6. The summed E-state index contributed by atoms with van der Waals surface area (Å²) in [5.41, 5.74) is 11.3. The molecule has 0 fully saturated rings. The summed E-state index contributed by atoms with van der Waals surface area (Å²) in [5, 5.41) is 0. The summed E-state index contributed by atoms with van der Waals surface area (Å²) < 4.78 is 0. The van der Waals surface area contributed by atoms with Crippen molar-refractivity contribution in [1.29, 1.82) is 0 Å². The number of benzene rings is 1. The Bertz CT molecular complexity index is 302. The van der Waals surface area contributed by atoms with Crippen LogP contribution in [0.4, 0.5) is 0 Å². The highest BCUT2D eigenvalue weighted by molar-refractivity contribution is 5.37. The monoisotopic (exact) mass is 191 g/mol. The predicted molar refractivity (Wildman–Crippen MR) is 62.7 cm³/mol. The van der Waals surface area contributed by atoms with Crippen LogP contribution in [0.5, 0.6) is 0 Å². The maximum Gasteiger partial charge on any atom is -0.00741 e. The van der Waals surface area contributed by atoms with Gasteiger partial charge in [-0.2, -0.15) is 0 Å². The van der Waals surface area contributed by atoms with Crippen LogP contribution in [-0.4, -0.2) is 6.54 Å². The van der Waals surface area contributed by atoms with Crippen LogP contribution < -0.4 is 5.73 Å². The molecule has 0 spiro atoms. The molecule has 2 N–H and O–H groups in total. The first-order chi connectivity index (χ1) is 6.69. The quantitative estimate of drug-likeness (QED) is 0.778. The van der Waals surface area contributed by atoms with E-state index in [-0.39, 0.29) is 0 Å². The van der Waals surface area contributed by atoms with E-state index in [0.29, 0.717) is 0 Å². The van der Waals surface area contributed by atoms with Crippen LogP contribution in [0.2, 0.25) is 0 Å². The van der Waals surface area contributed by atoms with Crippen molar-refractivity contribution in [1.82, 2.24) is 0 Å². The van der Waals surface area contributed by atoms with Crippen molar-refractivity contribution in [3.05, 3.63) is 34.4 Å². The third-order valence-corrected chi connectivity index (χ3v) is 2.89. The molecule has 0 aliphatic carbocycles. The molecule has 1 heteroatoms. The minimum absolute atomic E-state index is 0.787. The lowest BCUT2D eigenvalue weighted by Crippen LogP contribution is -2.02. The molecule has 0 saturated heterocycles. The highest BCUT2D eigenvalue weighted by Gasteiger charge is 2.03. The molecule has 0 bridgehead atoms. The van der Waals surface area contributed by atoms with Crippen molar-refractivity contribution in [2.24, 2.45) is 5.73 Å². The zero-order valence-corrected chi connectivity index (χ0v) is 9.56. The Kier molecular flexibility index (Phi) is 4.15. The van der Waals surface area contributed by atoms with E-state index < -0.39 is 0 Å². The van der Waals surface area contributed by atoms with Crippen molar-refractivity contribution >= 4 is 0 Å².